The van der Waals surface area contributed by atoms with Crippen molar-refractivity contribution in [2.24, 2.45) is 0 Å². The number of rotatable bonds is 1. The van der Waals surface area contributed by atoms with Gasteiger partial charge in [0.25, 0.3) is 0 Å². The van der Waals surface area contributed by atoms with Crippen LogP contribution in [0.5, 0.6) is 0 Å². The lowest BCUT2D eigenvalue weighted by atomic mass is 9.87. The van der Waals surface area contributed by atoms with E-state index >= 15 is 0 Å². The molecule has 4 nitrogen and oxygen atoms in total. The van der Waals surface area contributed by atoms with Gasteiger partial charge in [-0.1, -0.05) is 32.0 Å². The fourth-order valence-electron chi connectivity index (χ4n) is 4.11. The van der Waals surface area contributed by atoms with Crippen molar-refractivity contribution in [1.29, 1.82) is 0 Å². The largest absolute Gasteiger partial charge is 0.319 e. The van der Waals surface area contributed by atoms with Gasteiger partial charge in [0.05, 0.1) is 13.1 Å². The quantitative estimate of drug-likeness (QED) is 0.635. The predicted molar refractivity (Wildman–Crippen MR) is 75.6 cm³/mol. The first-order valence-corrected chi connectivity index (χ1v) is 8.21. The highest BCUT2D eigenvalue weighted by atomic mass is 32.2. The van der Waals surface area contributed by atoms with Crippen molar-refractivity contribution in [3.63, 3.8) is 0 Å². The summed E-state index contributed by atoms with van der Waals surface area (Å²) in [6.07, 6.45) is 1.39. The summed E-state index contributed by atoms with van der Waals surface area (Å²) in [6.45, 7) is 5.85. The van der Waals surface area contributed by atoms with E-state index in [9.17, 15) is 13.0 Å². The maximum Gasteiger partial charge on any atom is 0.319 e. The highest BCUT2D eigenvalue weighted by Gasteiger charge is 2.58. The second-order valence-electron chi connectivity index (χ2n) is 6.43. The van der Waals surface area contributed by atoms with Crippen LogP contribution < -0.4 is 4.48 Å². The van der Waals surface area contributed by atoms with Gasteiger partial charge in [0.2, 0.25) is 5.37 Å². The highest BCUT2D eigenvalue weighted by molar-refractivity contribution is 7.86. The minimum absolute atomic E-state index is 0.0517. The summed E-state index contributed by atoms with van der Waals surface area (Å²) in [7, 11) is -4.02. The second-order valence-corrected chi connectivity index (χ2v) is 8.00. The van der Waals surface area contributed by atoms with Gasteiger partial charge in [-0.15, -0.1) is 0 Å². The molecule has 1 fully saturated rings. The maximum absolute atomic E-state index is 11.8. The fourth-order valence-corrected chi connectivity index (χ4v) is 5.38. The molecule has 104 valence electrons. The summed E-state index contributed by atoms with van der Waals surface area (Å²) in [4.78, 5) is 0. The van der Waals surface area contributed by atoms with E-state index in [1.807, 2.05) is 18.2 Å². The Hall–Kier alpha value is -0.910. The number of hydrogen-bond donors (Lipinski definition) is 1. The van der Waals surface area contributed by atoms with Gasteiger partial charge in [0.1, 0.15) is 5.69 Å². The molecule has 1 aromatic carbocycles. The molecule has 0 saturated carbocycles. The van der Waals surface area contributed by atoms with Gasteiger partial charge in [-0.25, -0.2) is 0 Å². The molecule has 0 aromatic heterocycles. The number of hydrogen-bond acceptors (Lipinski definition) is 2. The molecule has 1 aromatic rings. The maximum atomic E-state index is 11.8. The van der Waals surface area contributed by atoms with E-state index in [-0.39, 0.29) is 5.41 Å². The summed E-state index contributed by atoms with van der Waals surface area (Å²) >= 11 is 0. The first-order chi connectivity index (χ1) is 8.77. The van der Waals surface area contributed by atoms with Crippen LogP contribution >= 0.6 is 0 Å². The molecule has 3 rings (SSSR count). The zero-order valence-corrected chi connectivity index (χ0v) is 12.2. The van der Waals surface area contributed by atoms with E-state index in [1.165, 1.54) is 5.56 Å². The molecule has 0 amide bonds. The van der Waals surface area contributed by atoms with E-state index < -0.39 is 15.5 Å². The molecule has 0 aliphatic carbocycles. The van der Waals surface area contributed by atoms with E-state index in [1.54, 1.807) is 0 Å². The third-order valence-corrected chi connectivity index (χ3v) is 6.02. The van der Waals surface area contributed by atoms with Gasteiger partial charge in [-0.05, 0) is 6.07 Å². The van der Waals surface area contributed by atoms with E-state index in [0.29, 0.717) is 10.9 Å². The molecular formula is C14H20NO3S+. The summed E-state index contributed by atoms with van der Waals surface area (Å²) in [6, 6.07) is 8.07. The van der Waals surface area contributed by atoms with E-state index in [0.717, 1.165) is 25.2 Å². The van der Waals surface area contributed by atoms with Gasteiger partial charge in [0, 0.05) is 23.8 Å². The molecule has 1 N–H and O–H groups in total. The monoisotopic (exact) mass is 282 g/mol. The normalized spacial score (nSPS) is 32.7. The zero-order valence-electron chi connectivity index (χ0n) is 11.3. The highest BCUT2D eigenvalue weighted by Crippen LogP contribution is 2.50. The van der Waals surface area contributed by atoms with Crippen LogP contribution in [0, 0.1) is 0 Å². The van der Waals surface area contributed by atoms with Crippen molar-refractivity contribution < 1.29 is 13.0 Å². The van der Waals surface area contributed by atoms with Gasteiger partial charge in [-0.3, -0.25) is 9.04 Å². The minimum Gasteiger partial charge on any atom is -0.281 e. The van der Waals surface area contributed by atoms with E-state index in [2.05, 4.69) is 19.9 Å². The Morgan fingerprint density at radius 1 is 1.32 bits per heavy atom. The molecule has 0 bridgehead atoms. The summed E-state index contributed by atoms with van der Waals surface area (Å²) in [5.74, 6) is 0. The SMILES string of the molecule is CC1(C)C[N+]2(CCCC2S(=O)(=O)O)c2ccccc21. The number of nitrogens with zero attached hydrogens (tertiary/aromatic N) is 1. The Balaban J connectivity index is 2.22. The first kappa shape index (κ1) is 13.1. The zero-order chi connectivity index (χ0) is 13.9. The van der Waals surface area contributed by atoms with Gasteiger partial charge >= 0.3 is 10.1 Å². The van der Waals surface area contributed by atoms with Crippen LogP contribution in [0.15, 0.2) is 24.3 Å². The van der Waals surface area contributed by atoms with Crippen LogP contribution in [-0.2, 0) is 15.5 Å². The lowest BCUT2D eigenvalue weighted by molar-refractivity contribution is 0.272. The van der Waals surface area contributed by atoms with Crippen molar-refractivity contribution in [3.05, 3.63) is 29.8 Å². The third-order valence-electron chi connectivity index (χ3n) is 4.69. The van der Waals surface area contributed by atoms with Crippen molar-refractivity contribution in [3.8, 4) is 0 Å². The Kier molecular flexibility index (Phi) is 2.62. The van der Waals surface area contributed by atoms with Crippen LogP contribution in [0.2, 0.25) is 0 Å². The lowest BCUT2D eigenvalue weighted by Gasteiger charge is -2.35. The Labute approximate surface area is 114 Å². The Morgan fingerprint density at radius 2 is 2.00 bits per heavy atom. The number of benzene rings is 1. The van der Waals surface area contributed by atoms with Crippen LogP contribution in [0.25, 0.3) is 0 Å². The number of quaternary nitrogens is 1. The molecule has 1 spiro atoms. The number of para-hydroxylation sites is 1. The van der Waals surface area contributed by atoms with Crippen molar-refractivity contribution >= 4 is 15.8 Å². The smallest absolute Gasteiger partial charge is 0.281 e. The molecule has 2 aliphatic heterocycles. The summed E-state index contributed by atoms with van der Waals surface area (Å²) < 4.78 is 33.5. The Morgan fingerprint density at radius 3 is 2.68 bits per heavy atom. The molecule has 0 radical (unpaired) electrons. The summed E-state index contributed by atoms with van der Waals surface area (Å²) in [5, 5.41) is -0.699. The number of fused-ring (bicyclic) bond motifs is 2. The molecule has 2 atom stereocenters. The Bertz CT molecular complexity index is 623. The molecule has 5 heteroatoms. The van der Waals surface area contributed by atoms with Crippen LogP contribution in [-0.4, -0.2) is 31.4 Å². The van der Waals surface area contributed by atoms with Crippen LogP contribution in [0.3, 0.4) is 0 Å². The first-order valence-electron chi connectivity index (χ1n) is 6.71. The topological polar surface area (TPSA) is 54.4 Å². The predicted octanol–water partition coefficient (Wildman–Crippen LogP) is 2.29. The van der Waals surface area contributed by atoms with Crippen LogP contribution in [0.1, 0.15) is 32.3 Å². The minimum atomic E-state index is -4.02. The molecule has 1 saturated heterocycles. The van der Waals surface area contributed by atoms with Gasteiger partial charge in [0.15, 0.2) is 0 Å². The summed E-state index contributed by atoms with van der Waals surface area (Å²) in [5.41, 5.74) is 2.24. The molecule has 2 heterocycles. The second kappa shape index (κ2) is 3.81. The van der Waals surface area contributed by atoms with Crippen molar-refractivity contribution in [2.75, 3.05) is 13.1 Å². The molecule has 19 heavy (non-hydrogen) atoms. The standard InChI is InChI=1S/C14H19NO3S/c1-14(2)10-15(12-7-4-3-6-11(12)14)9-5-8-13(15)19(16,17)18/h3-4,6-7,13H,5,8-10H2,1-2H3/p+1. The average molecular weight is 282 g/mol. The molecular weight excluding hydrogens is 262 g/mol. The van der Waals surface area contributed by atoms with E-state index in [4.69, 9.17) is 0 Å². The third kappa shape index (κ3) is 1.75. The van der Waals surface area contributed by atoms with Gasteiger partial charge in [-0.2, -0.15) is 8.42 Å². The lowest BCUT2D eigenvalue weighted by Crippen LogP contribution is -2.56. The average Bonchev–Trinajstić information content (AvgIpc) is 2.81. The van der Waals surface area contributed by atoms with Crippen molar-refractivity contribution in [1.82, 2.24) is 4.48 Å². The van der Waals surface area contributed by atoms with Gasteiger partial charge < -0.3 is 0 Å². The van der Waals surface area contributed by atoms with Crippen LogP contribution in [0.4, 0.5) is 5.69 Å². The molecule has 2 aliphatic rings. The fraction of sp³-hybridized carbons (Fsp3) is 0.571. The molecule has 2 unspecified atom stereocenters. The van der Waals surface area contributed by atoms with Crippen molar-refractivity contribution in [2.45, 2.75) is 37.5 Å².